The minimum atomic E-state index is -3.32. The highest BCUT2D eigenvalue weighted by Crippen LogP contribution is 2.12. The SMILES string of the molecule is CS(=O)(=O)NCCC(CCCC(=O)O)CNS(C)(=O)=O. The predicted octanol–water partition coefficient (Wildman–Crippen LogP) is -0.654. The van der Waals surface area contributed by atoms with Crippen molar-refractivity contribution in [1.29, 1.82) is 0 Å². The van der Waals surface area contributed by atoms with Crippen LogP contribution < -0.4 is 9.44 Å². The smallest absolute Gasteiger partial charge is 0.303 e. The first-order valence-corrected chi connectivity index (χ1v) is 9.89. The third-order valence-electron chi connectivity index (χ3n) is 2.55. The van der Waals surface area contributed by atoms with Crippen LogP contribution in [0, 0.1) is 5.92 Å². The molecule has 0 aromatic carbocycles. The zero-order valence-corrected chi connectivity index (χ0v) is 13.3. The van der Waals surface area contributed by atoms with Crippen molar-refractivity contribution < 1.29 is 26.7 Å². The van der Waals surface area contributed by atoms with E-state index in [0.29, 0.717) is 19.3 Å². The van der Waals surface area contributed by atoms with Crippen LogP contribution in [0.1, 0.15) is 25.7 Å². The summed E-state index contributed by atoms with van der Waals surface area (Å²) in [4.78, 5) is 10.4. The Labute approximate surface area is 120 Å². The second-order valence-corrected chi connectivity index (χ2v) is 8.39. The second kappa shape index (κ2) is 8.55. The van der Waals surface area contributed by atoms with Crippen LogP contribution in [-0.2, 0) is 24.8 Å². The molecule has 0 saturated heterocycles. The zero-order valence-electron chi connectivity index (χ0n) is 11.6. The van der Waals surface area contributed by atoms with Crippen LogP contribution in [0.4, 0.5) is 0 Å². The first-order valence-electron chi connectivity index (χ1n) is 6.10. The summed E-state index contributed by atoms with van der Waals surface area (Å²) in [5.74, 6) is -1.02. The fraction of sp³-hybridized carbons (Fsp3) is 0.900. The van der Waals surface area contributed by atoms with Crippen molar-refractivity contribution in [3.05, 3.63) is 0 Å². The van der Waals surface area contributed by atoms with Crippen molar-refractivity contribution in [1.82, 2.24) is 9.44 Å². The molecule has 1 atom stereocenters. The maximum atomic E-state index is 11.0. The van der Waals surface area contributed by atoms with Gasteiger partial charge in [-0.3, -0.25) is 4.79 Å². The Balaban J connectivity index is 4.27. The van der Waals surface area contributed by atoms with Gasteiger partial charge in [0.15, 0.2) is 0 Å². The van der Waals surface area contributed by atoms with Crippen LogP contribution in [-0.4, -0.2) is 53.5 Å². The average molecular weight is 330 g/mol. The summed E-state index contributed by atoms with van der Waals surface area (Å²) in [7, 11) is -6.60. The molecule has 0 fully saturated rings. The molecule has 0 spiro atoms. The Morgan fingerprint density at radius 1 is 1.05 bits per heavy atom. The van der Waals surface area contributed by atoms with Crippen LogP contribution in [0.3, 0.4) is 0 Å². The van der Waals surface area contributed by atoms with E-state index >= 15 is 0 Å². The lowest BCUT2D eigenvalue weighted by atomic mass is 9.99. The van der Waals surface area contributed by atoms with Gasteiger partial charge in [0.05, 0.1) is 12.5 Å². The number of rotatable bonds is 11. The number of carboxylic acid groups (broad SMARTS) is 1. The van der Waals surface area contributed by atoms with Crippen LogP contribution in [0.25, 0.3) is 0 Å². The lowest BCUT2D eigenvalue weighted by Gasteiger charge is -2.16. The van der Waals surface area contributed by atoms with Gasteiger partial charge in [0.1, 0.15) is 0 Å². The maximum absolute atomic E-state index is 11.0. The minimum Gasteiger partial charge on any atom is -0.481 e. The van der Waals surface area contributed by atoms with Crippen LogP contribution in [0.15, 0.2) is 0 Å². The van der Waals surface area contributed by atoms with Gasteiger partial charge >= 0.3 is 5.97 Å². The molecule has 0 saturated carbocycles. The Kier molecular flexibility index (Phi) is 8.25. The van der Waals surface area contributed by atoms with Gasteiger partial charge in [-0.05, 0) is 25.2 Å². The van der Waals surface area contributed by atoms with Gasteiger partial charge in [-0.2, -0.15) is 0 Å². The average Bonchev–Trinajstić information content (AvgIpc) is 2.21. The predicted molar refractivity (Wildman–Crippen MR) is 75.3 cm³/mol. The number of carbonyl (C=O) groups is 1. The summed E-state index contributed by atoms with van der Waals surface area (Å²) in [6, 6.07) is 0. The number of carboxylic acids is 1. The largest absolute Gasteiger partial charge is 0.481 e. The first kappa shape index (κ1) is 19.3. The Bertz CT molecular complexity index is 500. The molecule has 0 heterocycles. The van der Waals surface area contributed by atoms with Crippen molar-refractivity contribution >= 4 is 26.0 Å². The molecule has 0 aliphatic rings. The summed E-state index contributed by atoms with van der Waals surface area (Å²) in [5, 5.41) is 8.57. The van der Waals surface area contributed by atoms with E-state index in [1.807, 2.05) is 0 Å². The van der Waals surface area contributed by atoms with E-state index in [-0.39, 0.29) is 25.4 Å². The van der Waals surface area contributed by atoms with Crippen LogP contribution in [0.2, 0.25) is 0 Å². The van der Waals surface area contributed by atoms with E-state index in [4.69, 9.17) is 5.11 Å². The van der Waals surface area contributed by atoms with E-state index in [1.54, 1.807) is 0 Å². The van der Waals surface area contributed by atoms with Crippen molar-refractivity contribution in [3.63, 3.8) is 0 Å². The van der Waals surface area contributed by atoms with Gasteiger partial charge < -0.3 is 5.11 Å². The number of sulfonamides is 2. The minimum absolute atomic E-state index is 0.00881. The molecule has 0 amide bonds. The standard InChI is InChI=1S/C10H22N2O6S2/c1-19(15,16)11-7-6-9(4-3-5-10(13)14)8-12-20(2,17)18/h9,11-12H,3-8H2,1-2H3,(H,13,14). The fourth-order valence-corrected chi connectivity index (χ4v) is 2.64. The summed E-state index contributed by atoms with van der Waals surface area (Å²) >= 11 is 0. The molecule has 10 heteroatoms. The lowest BCUT2D eigenvalue weighted by Crippen LogP contribution is -2.31. The molecule has 0 radical (unpaired) electrons. The molecule has 8 nitrogen and oxygen atoms in total. The molecule has 0 aliphatic carbocycles. The summed E-state index contributed by atoms with van der Waals surface area (Å²) in [6.07, 6.45) is 3.46. The molecule has 20 heavy (non-hydrogen) atoms. The van der Waals surface area contributed by atoms with Gasteiger partial charge in [-0.25, -0.2) is 26.3 Å². The van der Waals surface area contributed by atoms with E-state index < -0.39 is 26.0 Å². The number of aliphatic carboxylic acids is 1. The van der Waals surface area contributed by atoms with E-state index in [1.165, 1.54) is 0 Å². The molecule has 0 aliphatic heterocycles. The molecule has 0 aromatic rings. The third-order valence-corrected chi connectivity index (χ3v) is 3.97. The molecule has 0 rings (SSSR count). The third kappa shape index (κ3) is 13.7. The molecule has 0 aromatic heterocycles. The maximum Gasteiger partial charge on any atom is 0.303 e. The van der Waals surface area contributed by atoms with Gasteiger partial charge in [0.25, 0.3) is 0 Å². The monoisotopic (exact) mass is 330 g/mol. The molecule has 0 bridgehead atoms. The number of hydrogen-bond acceptors (Lipinski definition) is 5. The van der Waals surface area contributed by atoms with Gasteiger partial charge in [0.2, 0.25) is 20.0 Å². The normalized spacial score (nSPS) is 14.1. The summed E-state index contributed by atoms with van der Waals surface area (Å²) in [5.41, 5.74) is 0. The van der Waals surface area contributed by atoms with Crippen molar-refractivity contribution in [3.8, 4) is 0 Å². The van der Waals surface area contributed by atoms with Gasteiger partial charge in [0, 0.05) is 19.5 Å². The summed E-state index contributed by atoms with van der Waals surface area (Å²) < 4.78 is 48.6. The van der Waals surface area contributed by atoms with E-state index in [0.717, 1.165) is 12.5 Å². The molecular formula is C10H22N2O6S2. The Morgan fingerprint density at radius 3 is 2.05 bits per heavy atom. The van der Waals surface area contributed by atoms with E-state index in [2.05, 4.69) is 9.44 Å². The van der Waals surface area contributed by atoms with Crippen molar-refractivity contribution in [2.45, 2.75) is 25.7 Å². The fourth-order valence-electron chi connectivity index (χ4n) is 1.61. The topological polar surface area (TPSA) is 130 Å². The van der Waals surface area contributed by atoms with Gasteiger partial charge in [-0.1, -0.05) is 0 Å². The number of hydrogen-bond donors (Lipinski definition) is 3. The zero-order chi connectivity index (χ0) is 15.8. The molecule has 3 N–H and O–H groups in total. The molecule has 120 valence electrons. The van der Waals surface area contributed by atoms with Crippen LogP contribution >= 0.6 is 0 Å². The first-order chi connectivity index (χ1) is 8.99. The Morgan fingerprint density at radius 2 is 1.60 bits per heavy atom. The van der Waals surface area contributed by atoms with Crippen molar-refractivity contribution in [2.75, 3.05) is 25.6 Å². The van der Waals surface area contributed by atoms with Crippen molar-refractivity contribution in [2.24, 2.45) is 5.92 Å². The van der Waals surface area contributed by atoms with Crippen LogP contribution in [0.5, 0.6) is 0 Å². The number of nitrogens with one attached hydrogen (secondary N) is 2. The van der Waals surface area contributed by atoms with E-state index in [9.17, 15) is 21.6 Å². The highest BCUT2D eigenvalue weighted by Gasteiger charge is 2.13. The molecular weight excluding hydrogens is 308 g/mol. The highest BCUT2D eigenvalue weighted by atomic mass is 32.2. The quantitative estimate of drug-likeness (QED) is 0.461. The molecule has 1 unspecified atom stereocenters. The summed E-state index contributed by atoms with van der Waals surface area (Å²) in [6.45, 7) is 0.367. The van der Waals surface area contributed by atoms with Gasteiger partial charge in [-0.15, -0.1) is 0 Å². The second-order valence-electron chi connectivity index (χ2n) is 4.73. The highest BCUT2D eigenvalue weighted by molar-refractivity contribution is 7.89. The lowest BCUT2D eigenvalue weighted by molar-refractivity contribution is -0.137. The Hall–Kier alpha value is -0.710.